The van der Waals surface area contributed by atoms with Crippen LogP contribution in [0.2, 0.25) is 0 Å². The summed E-state index contributed by atoms with van der Waals surface area (Å²) >= 11 is 1.26. The van der Waals surface area contributed by atoms with Crippen LogP contribution in [0.4, 0.5) is 0 Å². The van der Waals surface area contributed by atoms with E-state index in [0.29, 0.717) is 44.4 Å². The number of rotatable bonds is 8. The molecule has 3 heterocycles. The van der Waals surface area contributed by atoms with Crippen LogP contribution in [0.3, 0.4) is 0 Å². The first-order valence-electron chi connectivity index (χ1n) is 16.0. The van der Waals surface area contributed by atoms with Crippen molar-refractivity contribution in [1.82, 2.24) is 4.57 Å². The number of esters is 1. The van der Waals surface area contributed by atoms with Gasteiger partial charge in [-0.05, 0) is 53.1 Å². The van der Waals surface area contributed by atoms with E-state index in [9.17, 15) is 9.59 Å². The molecule has 0 amide bonds. The third kappa shape index (κ3) is 5.68. The van der Waals surface area contributed by atoms with Gasteiger partial charge in [-0.2, -0.15) is 0 Å². The zero-order valence-electron chi connectivity index (χ0n) is 26.5. The number of para-hydroxylation sites is 1. The number of ether oxygens (including phenoxy) is 4. The van der Waals surface area contributed by atoms with E-state index in [4.69, 9.17) is 23.9 Å². The first kappa shape index (κ1) is 30.4. The number of hydrogen-bond acceptors (Lipinski definition) is 8. The van der Waals surface area contributed by atoms with E-state index in [1.807, 2.05) is 91.0 Å². The van der Waals surface area contributed by atoms with Crippen molar-refractivity contribution in [2.45, 2.75) is 19.6 Å². The molecular formula is C40H30N2O6S. The monoisotopic (exact) mass is 666 g/mol. The molecule has 242 valence electrons. The third-order valence-corrected chi connectivity index (χ3v) is 9.54. The van der Waals surface area contributed by atoms with E-state index >= 15 is 0 Å². The Morgan fingerprint density at radius 2 is 1.69 bits per heavy atom. The highest BCUT2D eigenvalue weighted by atomic mass is 32.1. The first-order chi connectivity index (χ1) is 24.1. The highest BCUT2D eigenvalue weighted by Gasteiger charge is 2.36. The highest BCUT2D eigenvalue weighted by molar-refractivity contribution is 7.07. The molecule has 0 unspecified atom stereocenters. The minimum atomic E-state index is -0.833. The molecule has 0 saturated heterocycles. The highest BCUT2D eigenvalue weighted by Crippen LogP contribution is 2.40. The number of thiazole rings is 1. The van der Waals surface area contributed by atoms with Crippen LogP contribution in [0.25, 0.3) is 22.5 Å². The van der Waals surface area contributed by atoms with Gasteiger partial charge in [0, 0.05) is 11.1 Å². The van der Waals surface area contributed by atoms with Crippen LogP contribution in [0.5, 0.6) is 17.2 Å². The lowest BCUT2D eigenvalue weighted by Gasteiger charge is -2.26. The molecule has 9 heteroatoms. The average molecular weight is 667 g/mol. The summed E-state index contributed by atoms with van der Waals surface area (Å²) in [6.07, 6.45) is 1.83. The fraction of sp³-hybridized carbons (Fsp3) is 0.125. The fourth-order valence-electron chi connectivity index (χ4n) is 6.29. The van der Waals surface area contributed by atoms with Gasteiger partial charge < -0.3 is 18.9 Å². The van der Waals surface area contributed by atoms with Crippen molar-refractivity contribution in [1.29, 1.82) is 0 Å². The molecule has 2 aliphatic rings. The van der Waals surface area contributed by atoms with Crippen molar-refractivity contribution in [3.63, 3.8) is 0 Å². The van der Waals surface area contributed by atoms with Crippen LogP contribution in [0, 0.1) is 0 Å². The molecule has 8 rings (SSSR count). The molecule has 1 atom stereocenters. The van der Waals surface area contributed by atoms with Gasteiger partial charge in [-0.25, -0.2) is 9.79 Å². The van der Waals surface area contributed by atoms with Crippen molar-refractivity contribution in [3.05, 3.63) is 163 Å². The van der Waals surface area contributed by atoms with Crippen LogP contribution in [0.15, 0.2) is 131 Å². The quantitative estimate of drug-likeness (QED) is 0.175. The summed E-state index contributed by atoms with van der Waals surface area (Å²) in [5.41, 5.74) is 3.65. The molecule has 5 aromatic carbocycles. The summed E-state index contributed by atoms with van der Waals surface area (Å²) in [5, 5.41) is 2.28. The minimum absolute atomic E-state index is 0.0966. The molecule has 2 aliphatic heterocycles. The second-order valence-electron chi connectivity index (χ2n) is 11.5. The summed E-state index contributed by atoms with van der Waals surface area (Å²) in [6.45, 7) is 2.38. The lowest BCUT2D eigenvalue weighted by molar-refractivity contribution is -0.138. The van der Waals surface area contributed by atoms with Gasteiger partial charge in [0.2, 0.25) is 6.79 Å². The van der Waals surface area contributed by atoms with Crippen molar-refractivity contribution in [3.8, 4) is 17.2 Å². The maximum atomic E-state index is 14.5. The van der Waals surface area contributed by atoms with Gasteiger partial charge in [-0.15, -0.1) is 0 Å². The van der Waals surface area contributed by atoms with Crippen molar-refractivity contribution < 1.29 is 23.7 Å². The largest absolute Gasteiger partial charge is 0.488 e. The summed E-state index contributed by atoms with van der Waals surface area (Å²) in [5.74, 6) is 1.24. The van der Waals surface area contributed by atoms with Crippen LogP contribution in [0.1, 0.15) is 35.2 Å². The topological polar surface area (TPSA) is 88.4 Å². The Labute approximate surface area is 285 Å². The van der Waals surface area contributed by atoms with Crippen molar-refractivity contribution in [2.75, 3.05) is 13.4 Å². The molecule has 6 aromatic rings. The molecule has 8 nitrogen and oxygen atoms in total. The van der Waals surface area contributed by atoms with Crippen LogP contribution >= 0.6 is 11.3 Å². The van der Waals surface area contributed by atoms with Gasteiger partial charge in [0.25, 0.3) is 5.56 Å². The summed E-state index contributed by atoms with van der Waals surface area (Å²) in [7, 11) is 0. The van der Waals surface area contributed by atoms with Crippen molar-refractivity contribution in [2.24, 2.45) is 4.99 Å². The number of carbonyl (C=O) groups is 1. The number of fused-ring (bicyclic) bond motifs is 3. The fourth-order valence-corrected chi connectivity index (χ4v) is 7.28. The van der Waals surface area contributed by atoms with E-state index in [1.165, 1.54) is 11.3 Å². The molecule has 0 N–H and O–H groups in total. The van der Waals surface area contributed by atoms with E-state index in [1.54, 1.807) is 17.6 Å². The van der Waals surface area contributed by atoms with Gasteiger partial charge in [0.05, 0.1) is 28.5 Å². The second kappa shape index (κ2) is 12.9. The Kier molecular flexibility index (Phi) is 8.03. The standard InChI is InChI=1S/C40H30N2O6S/c1-2-45-39(44)35-36(26-12-4-3-5-13-26)41-40-42(37(35)28-19-20-32-33(21-28)48-24-47-32)38(43)34(49-40)22-27-14-7-9-18-31(27)46-23-29-16-10-15-25-11-6-8-17-30(25)29/h3-22,37H,2,23-24H2,1H3/b34-22+/t37-/m1/s1. The molecule has 0 fully saturated rings. The SMILES string of the molecule is CCOC(=O)C1=C(c2ccccc2)N=c2s/c(=C/c3ccccc3OCc3cccc4ccccc34)c(=O)n2[C@@H]1c1ccc2c(c1)OCO2. The van der Waals surface area contributed by atoms with Crippen LogP contribution in [-0.4, -0.2) is 23.9 Å². The third-order valence-electron chi connectivity index (χ3n) is 8.55. The number of hydrogen-bond donors (Lipinski definition) is 0. The number of benzene rings is 5. The van der Waals surface area contributed by atoms with Gasteiger partial charge in [0.15, 0.2) is 16.3 Å². The molecular weight excluding hydrogens is 637 g/mol. The Bertz CT molecular complexity index is 2440. The lowest BCUT2D eigenvalue weighted by Crippen LogP contribution is -2.40. The second-order valence-corrected chi connectivity index (χ2v) is 12.5. The molecule has 0 radical (unpaired) electrons. The van der Waals surface area contributed by atoms with Crippen LogP contribution in [-0.2, 0) is 16.1 Å². The van der Waals surface area contributed by atoms with E-state index in [0.717, 1.165) is 27.5 Å². The smallest absolute Gasteiger partial charge is 0.338 e. The van der Waals surface area contributed by atoms with Crippen molar-refractivity contribution >= 4 is 39.9 Å². The maximum absolute atomic E-state index is 14.5. The zero-order chi connectivity index (χ0) is 33.3. The Balaban J connectivity index is 1.27. The number of carbonyl (C=O) groups excluding carboxylic acids is 1. The Morgan fingerprint density at radius 3 is 2.57 bits per heavy atom. The first-order valence-corrected chi connectivity index (χ1v) is 16.8. The minimum Gasteiger partial charge on any atom is -0.488 e. The molecule has 1 aromatic heterocycles. The van der Waals surface area contributed by atoms with Gasteiger partial charge in [0.1, 0.15) is 12.4 Å². The van der Waals surface area contributed by atoms with Gasteiger partial charge >= 0.3 is 5.97 Å². The van der Waals surface area contributed by atoms with E-state index in [2.05, 4.69) is 24.3 Å². The summed E-state index contributed by atoms with van der Waals surface area (Å²) in [4.78, 5) is 33.7. The average Bonchev–Trinajstić information content (AvgIpc) is 3.74. The van der Waals surface area contributed by atoms with Gasteiger partial charge in [-0.3, -0.25) is 9.36 Å². The van der Waals surface area contributed by atoms with Crippen LogP contribution < -0.4 is 29.1 Å². The van der Waals surface area contributed by atoms with Gasteiger partial charge in [-0.1, -0.05) is 108 Å². The van der Waals surface area contributed by atoms with E-state index < -0.39 is 12.0 Å². The molecule has 49 heavy (non-hydrogen) atoms. The Morgan fingerprint density at radius 1 is 0.918 bits per heavy atom. The predicted molar refractivity (Wildman–Crippen MR) is 188 cm³/mol. The molecule has 0 bridgehead atoms. The lowest BCUT2D eigenvalue weighted by atomic mass is 9.93. The molecule has 0 aliphatic carbocycles. The molecule has 0 saturated carbocycles. The molecule has 0 spiro atoms. The number of nitrogens with zero attached hydrogens (tertiary/aromatic N) is 2. The number of aromatic nitrogens is 1. The summed E-state index contributed by atoms with van der Waals surface area (Å²) in [6, 6.07) is 36.1. The predicted octanol–water partition coefficient (Wildman–Crippen LogP) is 6.40. The Hall–Kier alpha value is -5.93. The summed E-state index contributed by atoms with van der Waals surface area (Å²) < 4.78 is 25.2. The normalized spacial score (nSPS) is 15.2. The van der Waals surface area contributed by atoms with E-state index in [-0.39, 0.29) is 24.5 Å². The zero-order valence-corrected chi connectivity index (χ0v) is 27.3. The maximum Gasteiger partial charge on any atom is 0.338 e.